The first-order valence-corrected chi connectivity index (χ1v) is 4.34. The van der Waals surface area contributed by atoms with E-state index >= 15 is 0 Å². The third-order valence-electron chi connectivity index (χ3n) is 1.79. The summed E-state index contributed by atoms with van der Waals surface area (Å²) in [6.07, 6.45) is -0.433. The van der Waals surface area contributed by atoms with Crippen LogP contribution in [0.1, 0.15) is 5.56 Å². The van der Waals surface area contributed by atoms with E-state index in [4.69, 9.17) is 5.11 Å². The van der Waals surface area contributed by atoms with E-state index in [9.17, 15) is 23.7 Å². The van der Waals surface area contributed by atoms with Crippen molar-refractivity contribution in [3.05, 3.63) is 33.9 Å². The fraction of sp³-hybridized carbons (Fsp3) is 0.222. The molecule has 0 amide bonds. The number of aliphatic carboxylic acids is 1. The first-order chi connectivity index (χ1) is 7.90. The maximum Gasteiger partial charge on any atom is 0.387 e. The SMILES string of the molecule is O=C(O)Cc1ccc([N+](=O)[O-])c(OC(F)F)c1. The van der Waals surface area contributed by atoms with Crippen LogP contribution < -0.4 is 4.74 Å². The summed E-state index contributed by atoms with van der Waals surface area (Å²) in [5.41, 5.74) is -0.502. The highest BCUT2D eigenvalue weighted by atomic mass is 19.3. The van der Waals surface area contributed by atoms with Crippen LogP contribution >= 0.6 is 0 Å². The van der Waals surface area contributed by atoms with Gasteiger partial charge in [0.2, 0.25) is 5.75 Å². The molecule has 0 unspecified atom stereocenters. The zero-order valence-electron chi connectivity index (χ0n) is 8.30. The number of alkyl halides is 2. The van der Waals surface area contributed by atoms with E-state index < -0.39 is 35.4 Å². The summed E-state index contributed by atoms with van der Waals surface area (Å²) >= 11 is 0. The largest absolute Gasteiger partial charge is 0.481 e. The van der Waals surface area contributed by atoms with Crippen LogP contribution in [0.3, 0.4) is 0 Å². The van der Waals surface area contributed by atoms with Crippen molar-refractivity contribution in [3.63, 3.8) is 0 Å². The van der Waals surface area contributed by atoms with E-state index in [0.717, 1.165) is 12.1 Å². The lowest BCUT2D eigenvalue weighted by Crippen LogP contribution is -2.06. The number of carboxylic acids is 1. The zero-order chi connectivity index (χ0) is 13.0. The Hall–Kier alpha value is -2.25. The Balaban J connectivity index is 3.09. The molecule has 17 heavy (non-hydrogen) atoms. The van der Waals surface area contributed by atoms with E-state index in [1.165, 1.54) is 6.07 Å². The van der Waals surface area contributed by atoms with Crippen molar-refractivity contribution in [1.29, 1.82) is 0 Å². The molecule has 0 atom stereocenters. The summed E-state index contributed by atoms with van der Waals surface area (Å²) in [5, 5.41) is 19.0. The fourth-order valence-corrected chi connectivity index (χ4v) is 1.18. The van der Waals surface area contributed by atoms with Gasteiger partial charge in [-0.3, -0.25) is 14.9 Å². The lowest BCUT2D eigenvalue weighted by molar-refractivity contribution is -0.386. The number of nitrogens with zero attached hydrogens (tertiary/aromatic N) is 1. The third kappa shape index (κ3) is 3.67. The molecule has 1 aromatic rings. The van der Waals surface area contributed by atoms with Crippen LogP contribution in [-0.2, 0) is 11.2 Å². The van der Waals surface area contributed by atoms with Gasteiger partial charge in [-0.2, -0.15) is 8.78 Å². The maximum atomic E-state index is 12.0. The molecule has 1 rings (SSSR count). The second-order valence-electron chi connectivity index (χ2n) is 3.01. The summed E-state index contributed by atoms with van der Waals surface area (Å²) in [5.74, 6) is -1.83. The van der Waals surface area contributed by atoms with Crippen LogP contribution in [0.4, 0.5) is 14.5 Å². The van der Waals surface area contributed by atoms with Crippen molar-refractivity contribution in [2.45, 2.75) is 13.0 Å². The number of rotatable bonds is 5. The number of nitro groups is 1. The molecule has 92 valence electrons. The van der Waals surface area contributed by atoms with Gasteiger partial charge >= 0.3 is 18.3 Å². The first kappa shape index (κ1) is 12.8. The van der Waals surface area contributed by atoms with Crippen molar-refractivity contribution >= 4 is 11.7 Å². The Morgan fingerprint density at radius 2 is 2.18 bits per heavy atom. The van der Waals surface area contributed by atoms with Crippen molar-refractivity contribution < 1.29 is 28.3 Å². The molecule has 6 nitrogen and oxygen atoms in total. The number of benzene rings is 1. The minimum absolute atomic E-state index is 0.138. The number of ether oxygens (including phenoxy) is 1. The number of carboxylic acid groups (broad SMARTS) is 1. The van der Waals surface area contributed by atoms with E-state index in [1.54, 1.807) is 0 Å². The highest BCUT2D eigenvalue weighted by molar-refractivity contribution is 5.70. The lowest BCUT2D eigenvalue weighted by atomic mass is 10.1. The Kier molecular flexibility index (Phi) is 3.91. The maximum absolute atomic E-state index is 12.0. The van der Waals surface area contributed by atoms with Gasteiger partial charge in [-0.05, 0) is 11.6 Å². The third-order valence-corrected chi connectivity index (χ3v) is 1.79. The number of hydrogen-bond acceptors (Lipinski definition) is 4. The summed E-state index contributed by atoms with van der Waals surface area (Å²) in [6.45, 7) is -3.21. The number of carbonyl (C=O) groups is 1. The van der Waals surface area contributed by atoms with Crippen LogP contribution in [0.2, 0.25) is 0 Å². The van der Waals surface area contributed by atoms with Gasteiger partial charge in [0.25, 0.3) is 0 Å². The zero-order valence-corrected chi connectivity index (χ0v) is 8.30. The van der Waals surface area contributed by atoms with Crippen molar-refractivity contribution in [2.24, 2.45) is 0 Å². The normalized spacial score (nSPS) is 10.3. The Morgan fingerprint density at radius 1 is 1.53 bits per heavy atom. The molecule has 0 saturated heterocycles. The van der Waals surface area contributed by atoms with Crippen molar-refractivity contribution in [3.8, 4) is 5.75 Å². The topological polar surface area (TPSA) is 89.7 Å². The van der Waals surface area contributed by atoms with Crippen LogP contribution in [0.5, 0.6) is 5.75 Å². The minimum atomic E-state index is -3.21. The van der Waals surface area contributed by atoms with Gasteiger partial charge in [-0.1, -0.05) is 6.07 Å². The monoisotopic (exact) mass is 247 g/mol. The van der Waals surface area contributed by atoms with Crippen molar-refractivity contribution in [1.82, 2.24) is 0 Å². The summed E-state index contributed by atoms with van der Waals surface area (Å²) < 4.78 is 28.0. The second-order valence-corrected chi connectivity index (χ2v) is 3.01. The molecule has 1 N–H and O–H groups in total. The molecule has 1 aromatic carbocycles. The van der Waals surface area contributed by atoms with Gasteiger partial charge in [0.1, 0.15) is 0 Å². The standard InChI is InChI=1S/C9H7F2NO5/c10-9(11)17-7-3-5(4-8(13)14)1-2-6(7)12(15)16/h1-3,9H,4H2,(H,13,14). The quantitative estimate of drug-likeness (QED) is 0.633. The molecule has 0 saturated carbocycles. The van der Waals surface area contributed by atoms with Crippen LogP contribution in [0.25, 0.3) is 0 Å². The molecule has 8 heteroatoms. The van der Waals surface area contributed by atoms with Crippen LogP contribution in [-0.4, -0.2) is 22.6 Å². The molecule has 0 aliphatic rings. The molecule has 0 spiro atoms. The van der Waals surface area contributed by atoms with E-state index in [0.29, 0.717) is 0 Å². The minimum Gasteiger partial charge on any atom is -0.481 e. The average molecular weight is 247 g/mol. The predicted molar refractivity (Wildman–Crippen MR) is 51.1 cm³/mol. The van der Waals surface area contributed by atoms with Gasteiger partial charge < -0.3 is 9.84 Å². The molecular formula is C9H7F2NO5. The number of halogens is 2. The van der Waals surface area contributed by atoms with Gasteiger partial charge in [0.05, 0.1) is 11.3 Å². The smallest absolute Gasteiger partial charge is 0.387 e. The molecule has 0 aromatic heterocycles. The summed E-state index contributed by atoms with van der Waals surface area (Å²) in [6, 6.07) is 3.01. The molecule has 0 heterocycles. The van der Waals surface area contributed by atoms with Crippen LogP contribution in [0.15, 0.2) is 18.2 Å². The van der Waals surface area contributed by atoms with Gasteiger partial charge in [-0.15, -0.1) is 0 Å². The Labute approximate surface area is 93.6 Å². The number of hydrogen-bond donors (Lipinski definition) is 1. The number of nitro benzene ring substituents is 1. The average Bonchev–Trinajstić information content (AvgIpc) is 2.15. The second kappa shape index (κ2) is 5.19. The van der Waals surface area contributed by atoms with Gasteiger partial charge in [-0.25, -0.2) is 0 Å². The summed E-state index contributed by atoms with van der Waals surface area (Å²) in [7, 11) is 0. The van der Waals surface area contributed by atoms with E-state index in [-0.39, 0.29) is 5.56 Å². The summed E-state index contributed by atoms with van der Waals surface area (Å²) in [4.78, 5) is 20.0. The van der Waals surface area contributed by atoms with Gasteiger partial charge in [0.15, 0.2) is 0 Å². The van der Waals surface area contributed by atoms with Crippen LogP contribution in [0, 0.1) is 10.1 Å². The lowest BCUT2D eigenvalue weighted by Gasteiger charge is -2.06. The van der Waals surface area contributed by atoms with Crippen molar-refractivity contribution in [2.75, 3.05) is 0 Å². The Morgan fingerprint density at radius 3 is 2.65 bits per heavy atom. The molecule has 0 bridgehead atoms. The fourth-order valence-electron chi connectivity index (χ4n) is 1.18. The van der Waals surface area contributed by atoms with E-state index in [2.05, 4.69) is 4.74 Å². The highest BCUT2D eigenvalue weighted by Crippen LogP contribution is 2.29. The molecule has 0 radical (unpaired) electrons. The predicted octanol–water partition coefficient (Wildman–Crippen LogP) is 1.82. The molecular weight excluding hydrogens is 240 g/mol. The molecule has 0 aliphatic carbocycles. The van der Waals surface area contributed by atoms with Gasteiger partial charge in [0, 0.05) is 6.07 Å². The van der Waals surface area contributed by atoms with E-state index in [1.807, 2.05) is 0 Å². The molecule has 0 aliphatic heterocycles. The first-order valence-electron chi connectivity index (χ1n) is 4.34. The highest BCUT2D eigenvalue weighted by Gasteiger charge is 2.19. The Bertz CT molecular complexity index is 449. The molecule has 0 fully saturated rings.